The van der Waals surface area contributed by atoms with Crippen LogP contribution in [-0.4, -0.2) is 30.1 Å². The van der Waals surface area contributed by atoms with E-state index in [9.17, 15) is 14.0 Å². The lowest BCUT2D eigenvalue weighted by atomic mass is 10.1. The topological polar surface area (TPSA) is 78.4 Å². The molecule has 0 aliphatic heterocycles. The third kappa shape index (κ3) is 6.29. The Labute approximate surface area is 117 Å². The van der Waals surface area contributed by atoms with Gasteiger partial charge in [-0.1, -0.05) is 12.1 Å². The lowest BCUT2D eigenvalue weighted by Gasteiger charge is -2.14. The minimum Gasteiger partial charge on any atom is -0.481 e. The predicted molar refractivity (Wildman–Crippen MR) is 72.7 cm³/mol. The molecule has 0 aromatic heterocycles. The summed E-state index contributed by atoms with van der Waals surface area (Å²) in [7, 11) is 0. The zero-order chi connectivity index (χ0) is 15.0. The summed E-state index contributed by atoms with van der Waals surface area (Å²) in [5, 5.41) is 14.1. The molecular formula is C14H19FN2O3. The van der Waals surface area contributed by atoms with Crippen molar-refractivity contribution >= 4 is 11.9 Å². The van der Waals surface area contributed by atoms with E-state index in [0.717, 1.165) is 5.56 Å². The van der Waals surface area contributed by atoms with Crippen LogP contribution in [0.3, 0.4) is 0 Å². The Morgan fingerprint density at radius 1 is 1.30 bits per heavy atom. The summed E-state index contributed by atoms with van der Waals surface area (Å²) in [6, 6.07) is 5.75. The first-order valence-corrected chi connectivity index (χ1v) is 6.46. The molecule has 0 aliphatic rings. The van der Waals surface area contributed by atoms with Gasteiger partial charge < -0.3 is 15.7 Å². The van der Waals surface area contributed by atoms with Gasteiger partial charge in [-0.25, -0.2) is 4.39 Å². The van der Waals surface area contributed by atoms with Crippen LogP contribution in [0, 0.1) is 5.82 Å². The summed E-state index contributed by atoms with van der Waals surface area (Å²) in [4.78, 5) is 21.9. The van der Waals surface area contributed by atoms with E-state index in [1.807, 2.05) is 6.92 Å². The second-order valence-corrected chi connectivity index (χ2v) is 4.51. The van der Waals surface area contributed by atoms with Crippen LogP contribution in [0.15, 0.2) is 24.3 Å². The number of hydrogen-bond donors (Lipinski definition) is 3. The molecule has 0 heterocycles. The minimum absolute atomic E-state index is 0.0839. The van der Waals surface area contributed by atoms with Gasteiger partial charge in [0, 0.05) is 6.42 Å². The molecule has 0 radical (unpaired) electrons. The molecule has 1 aromatic carbocycles. The summed E-state index contributed by atoms with van der Waals surface area (Å²) in [5.74, 6) is -1.34. The van der Waals surface area contributed by atoms with Gasteiger partial charge in [-0.05, 0) is 37.6 Å². The van der Waals surface area contributed by atoms with E-state index in [-0.39, 0.29) is 30.7 Å². The van der Waals surface area contributed by atoms with Gasteiger partial charge in [-0.15, -0.1) is 0 Å². The van der Waals surface area contributed by atoms with E-state index in [1.165, 1.54) is 12.1 Å². The number of rotatable bonds is 8. The molecule has 5 nitrogen and oxygen atoms in total. The number of halogens is 1. The second kappa shape index (κ2) is 8.27. The monoisotopic (exact) mass is 282 g/mol. The van der Waals surface area contributed by atoms with Crippen molar-refractivity contribution in [1.82, 2.24) is 10.6 Å². The quantitative estimate of drug-likeness (QED) is 0.631. The highest BCUT2D eigenvalue weighted by atomic mass is 19.1. The Morgan fingerprint density at radius 3 is 2.55 bits per heavy atom. The lowest BCUT2D eigenvalue weighted by molar-refractivity contribution is -0.137. The Kier molecular flexibility index (Phi) is 6.66. The number of aliphatic carboxylic acids is 1. The summed E-state index contributed by atoms with van der Waals surface area (Å²) < 4.78 is 12.8. The third-order valence-corrected chi connectivity index (χ3v) is 2.78. The molecule has 0 saturated carbocycles. The Morgan fingerprint density at radius 2 is 1.95 bits per heavy atom. The molecule has 0 aliphatic carbocycles. The number of benzene rings is 1. The number of carboxylic acid groups (broad SMARTS) is 1. The van der Waals surface area contributed by atoms with Gasteiger partial charge in [0.25, 0.3) is 0 Å². The van der Waals surface area contributed by atoms with Gasteiger partial charge in [-0.3, -0.25) is 9.59 Å². The fraction of sp³-hybridized carbons (Fsp3) is 0.429. The van der Waals surface area contributed by atoms with E-state index in [0.29, 0.717) is 13.0 Å². The zero-order valence-corrected chi connectivity index (χ0v) is 11.4. The van der Waals surface area contributed by atoms with Crippen LogP contribution in [0.1, 0.15) is 31.4 Å². The fourth-order valence-electron chi connectivity index (χ4n) is 1.69. The molecule has 20 heavy (non-hydrogen) atoms. The standard InChI is InChI=1S/C14H19FN2O3/c1-10(11-4-6-12(15)7-5-11)17-13(18)9-16-8-2-3-14(19)20/h4-7,10,16H,2-3,8-9H2,1H3,(H,17,18)(H,19,20). The van der Waals surface area contributed by atoms with Crippen LogP contribution in [0.2, 0.25) is 0 Å². The van der Waals surface area contributed by atoms with Crippen molar-refractivity contribution in [3.05, 3.63) is 35.6 Å². The molecule has 0 bridgehead atoms. The number of nitrogens with one attached hydrogen (secondary N) is 2. The van der Waals surface area contributed by atoms with Gasteiger partial charge in [0.15, 0.2) is 0 Å². The third-order valence-electron chi connectivity index (χ3n) is 2.78. The van der Waals surface area contributed by atoms with Crippen LogP contribution < -0.4 is 10.6 Å². The molecule has 1 atom stereocenters. The fourth-order valence-corrected chi connectivity index (χ4v) is 1.69. The average Bonchev–Trinajstić information content (AvgIpc) is 2.38. The average molecular weight is 282 g/mol. The van der Waals surface area contributed by atoms with Crippen LogP contribution >= 0.6 is 0 Å². The van der Waals surface area contributed by atoms with Crippen molar-refractivity contribution < 1.29 is 19.1 Å². The van der Waals surface area contributed by atoms with Crippen molar-refractivity contribution in [1.29, 1.82) is 0 Å². The normalized spacial score (nSPS) is 11.9. The van der Waals surface area contributed by atoms with Crippen molar-refractivity contribution in [3.63, 3.8) is 0 Å². The van der Waals surface area contributed by atoms with Crippen molar-refractivity contribution in [3.8, 4) is 0 Å². The molecule has 0 saturated heterocycles. The van der Waals surface area contributed by atoms with Crippen molar-refractivity contribution in [2.75, 3.05) is 13.1 Å². The van der Waals surface area contributed by atoms with Gasteiger partial charge in [-0.2, -0.15) is 0 Å². The van der Waals surface area contributed by atoms with Crippen LogP contribution in [0.25, 0.3) is 0 Å². The molecular weight excluding hydrogens is 263 g/mol. The number of carbonyl (C=O) groups excluding carboxylic acids is 1. The van der Waals surface area contributed by atoms with Crippen LogP contribution in [-0.2, 0) is 9.59 Å². The van der Waals surface area contributed by atoms with E-state index in [2.05, 4.69) is 10.6 Å². The lowest BCUT2D eigenvalue weighted by Crippen LogP contribution is -2.35. The summed E-state index contributed by atoms with van der Waals surface area (Å²) in [6.45, 7) is 2.42. The van der Waals surface area contributed by atoms with Gasteiger partial charge in [0.05, 0.1) is 12.6 Å². The number of amides is 1. The van der Waals surface area contributed by atoms with Crippen molar-refractivity contribution in [2.24, 2.45) is 0 Å². The van der Waals surface area contributed by atoms with E-state index in [4.69, 9.17) is 5.11 Å². The SMILES string of the molecule is CC(NC(=O)CNCCCC(=O)O)c1ccc(F)cc1. The van der Waals surface area contributed by atoms with E-state index < -0.39 is 5.97 Å². The highest BCUT2D eigenvalue weighted by Gasteiger charge is 2.09. The first-order valence-electron chi connectivity index (χ1n) is 6.46. The minimum atomic E-state index is -0.846. The Bertz CT molecular complexity index is 448. The van der Waals surface area contributed by atoms with Crippen LogP contribution in [0.4, 0.5) is 4.39 Å². The smallest absolute Gasteiger partial charge is 0.303 e. The molecule has 1 aromatic rings. The predicted octanol–water partition coefficient (Wildman–Crippen LogP) is 1.46. The highest BCUT2D eigenvalue weighted by Crippen LogP contribution is 2.12. The summed E-state index contributed by atoms with van der Waals surface area (Å²) in [5.41, 5.74) is 0.825. The molecule has 0 fully saturated rings. The maximum Gasteiger partial charge on any atom is 0.303 e. The molecule has 1 rings (SSSR count). The number of carboxylic acids is 1. The van der Waals surface area contributed by atoms with Gasteiger partial charge in [0.1, 0.15) is 5.82 Å². The molecule has 110 valence electrons. The Balaban J connectivity index is 2.24. The summed E-state index contributed by atoms with van der Waals surface area (Å²) in [6.07, 6.45) is 0.566. The first-order chi connectivity index (χ1) is 9.49. The van der Waals surface area contributed by atoms with E-state index in [1.54, 1.807) is 12.1 Å². The number of hydrogen-bond acceptors (Lipinski definition) is 3. The molecule has 1 amide bonds. The Hall–Kier alpha value is -1.95. The van der Waals surface area contributed by atoms with Gasteiger partial charge in [0.2, 0.25) is 5.91 Å². The molecule has 3 N–H and O–H groups in total. The first kappa shape index (κ1) is 16.1. The zero-order valence-electron chi connectivity index (χ0n) is 11.4. The molecule has 0 spiro atoms. The van der Waals surface area contributed by atoms with Gasteiger partial charge >= 0.3 is 5.97 Å². The molecule has 6 heteroatoms. The number of carbonyl (C=O) groups is 2. The van der Waals surface area contributed by atoms with Crippen molar-refractivity contribution in [2.45, 2.75) is 25.8 Å². The highest BCUT2D eigenvalue weighted by molar-refractivity contribution is 5.78. The van der Waals surface area contributed by atoms with Crippen LogP contribution in [0.5, 0.6) is 0 Å². The maximum absolute atomic E-state index is 12.8. The second-order valence-electron chi connectivity index (χ2n) is 4.51. The largest absolute Gasteiger partial charge is 0.481 e. The summed E-state index contributed by atoms with van der Waals surface area (Å²) >= 11 is 0. The molecule has 1 unspecified atom stereocenters. The maximum atomic E-state index is 12.8. The van der Waals surface area contributed by atoms with E-state index >= 15 is 0 Å².